The predicted molar refractivity (Wildman–Crippen MR) is 70.0 cm³/mol. The number of aliphatic hydroxyl groups excluding tert-OH is 1. The second-order valence-corrected chi connectivity index (χ2v) is 7.11. The highest BCUT2D eigenvalue weighted by atomic mass is 32.2. The summed E-state index contributed by atoms with van der Waals surface area (Å²) >= 11 is 0. The fourth-order valence-electron chi connectivity index (χ4n) is 2.33. The van der Waals surface area contributed by atoms with E-state index in [2.05, 4.69) is 0 Å². The molecule has 0 saturated carbocycles. The van der Waals surface area contributed by atoms with E-state index in [0.717, 1.165) is 24.3 Å². The van der Waals surface area contributed by atoms with Gasteiger partial charge in [-0.15, -0.1) is 0 Å². The molecule has 0 spiro atoms. The normalized spacial score (nSPS) is 22.4. The van der Waals surface area contributed by atoms with E-state index in [1.807, 2.05) is 0 Å². The summed E-state index contributed by atoms with van der Waals surface area (Å²) in [5.74, 6) is -0.144. The third-order valence-electron chi connectivity index (χ3n) is 3.69. The molecule has 1 aromatic carbocycles. The van der Waals surface area contributed by atoms with Gasteiger partial charge in [0, 0.05) is 13.1 Å². The lowest BCUT2D eigenvalue weighted by Gasteiger charge is -2.18. The van der Waals surface area contributed by atoms with E-state index in [1.54, 1.807) is 6.92 Å². The summed E-state index contributed by atoms with van der Waals surface area (Å²) in [5, 5.41) is 9.49. The first-order chi connectivity index (χ1) is 9.62. The molecule has 1 aromatic rings. The Bertz CT molecular complexity index is 596. The molecule has 2 unspecified atom stereocenters. The van der Waals surface area contributed by atoms with Crippen molar-refractivity contribution in [1.29, 1.82) is 0 Å². The predicted octanol–water partition coefficient (Wildman–Crippen LogP) is 2.10. The van der Waals surface area contributed by atoms with Gasteiger partial charge in [-0.1, -0.05) is 0 Å². The molecule has 2 rings (SSSR count). The Morgan fingerprint density at radius 3 is 2.29 bits per heavy atom. The largest absolute Gasteiger partial charge is 0.416 e. The maximum absolute atomic E-state index is 12.5. The van der Waals surface area contributed by atoms with E-state index < -0.39 is 27.9 Å². The molecule has 2 atom stereocenters. The van der Waals surface area contributed by atoms with Crippen molar-refractivity contribution in [2.24, 2.45) is 5.92 Å². The van der Waals surface area contributed by atoms with Crippen LogP contribution in [0.2, 0.25) is 0 Å². The first kappa shape index (κ1) is 16.3. The highest BCUT2D eigenvalue weighted by molar-refractivity contribution is 7.89. The van der Waals surface area contributed by atoms with Gasteiger partial charge in [0.15, 0.2) is 0 Å². The Hall–Kier alpha value is -1.12. The molecule has 0 aliphatic carbocycles. The maximum atomic E-state index is 12.5. The minimum absolute atomic E-state index is 0.144. The SMILES string of the molecule is CC(O)C1CCN(S(=O)(=O)c2ccc(C(F)(F)F)cc2)C1. The van der Waals surface area contributed by atoms with Crippen molar-refractivity contribution in [3.05, 3.63) is 29.8 Å². The second-order valence-electron chi connectivity index (χ2n) is 5.17. The molecule has 0 radical (unpaired) electrons. The van der Waals surface area contributed by atoms with Crippen LogP contribution < -0.4 is 0 Å². The minimum atomic E-state index is -4.49. The minimum Gasteiger partial charge on any atom is -0.393 e. The molecule has 8 heteroatoms. The number of hydrogen-bond acceptors (Lipinski definition) is 3. The zero-order valence-electron chi connectivity index (χ0n) is 11.3. The van der Waals surface area contributed by atoms with Crippen LogP contribution in [0.4, 0.5) is 13.2 Å². The summed E-state index contributed by atoms with van der Waals surface area (Å²) in [6.07, 6.45) is -4.57. The van der Waals surface area contributed by atoms with E-state index in [4.69, 9.17) is 0 Å². The summed E-state index contributed by atoms with van der Waals surface area (Å²) in [7, 11) is -3.81. The standard InChI is InChI=1S/C13H16F3NO3S/c1-9(18)10-6-7-17(8-10)21(19,20)12-4-2-11(3-5-12)13(14,15)16/h2-5,9-10,18H,6-8H2,1H3. The lowest BCUT2D eigenvalue weighted by atomic mass is 10.0. The summed E-state index contributed by atoms with van der Waals surface area (Å²) < 4.78 is 63.3. The van der Waals surface area contributed by atoms with Gasteiger partial charge in [-0.3, -0.25) is 0 Å². The van der Waals surface area contributed by atoms with Crippen LogP contribution in [0.1, 0.15) is 18.9 Å². The molecule has 1 heterocycles. The van der Waals surface area contributed by atoms with E-state index in [9.17, 15) is 26.7 Å². The number of halogens is 3. The molecule has 1 aliphatic rings. The highest BCUT2D eigenvalue weighted by Crippen LogP contribution is 2.31. The third-order valence-corrected chi connectivity index (χ3v) is 5.57. The molecule has 0 amide bonds. The molecular weight excluding hydrogens is 307 g/mol. The molecule has 1 N–H and O–H groups in total. The molecule has 118 valence electrons. The number of sulfonamides is 1. The number of alkyl halides is 3. The Kier molecular flexibility index (Phi) is 4.32. The summed E-state index contributed by atoms with van der Waals surface area (Å²) in [5.41, 5.74) is -0.885. The second kappa shape index (κ2) is 5.58. The number of rotatable bonds is 3. The van der Waals surface area contributed by atoms with Crippen LogP contribution in [0.3, 0.4) is 0 Å². The number of nitrogens with zero attached hydrogens (tertiary/aromatic N) is 1. The van der Waals surface area contributed by atoms with Gasteiger partial charge in [0.05, 0.1) is 16.6 Å². The zero-order chi connectivity index (χ0) is 15.8. The van der Waals surface area contributed by atoms with Crippen molar-refractivity contribution in [2.45, 2.75) is 30.5 Å². The van der Waals surface area contributed by atoms with E-state index in [1.165, 1.54) is 4.31 Å². The lowest BCUT2D eigenvalue weighted by molar-refractivity contribution is -0.137. The Morgan fingerprint density at radius 2 is 1.86 bits per heavy atom. The smallest absolute Gasteiger partial charge is 0.393 e. The first-order valence-electron chi connectivity index (χ1n) is 6.48. The fraction of sp³-hybridized carbons (Fsp3) is 0.538. The Balaban J connectivity index is 2.21. The summed E-state index contributed by atoms with van der Waals surface area (Å²) in [6.45, 7) is 2.04. The molecule has 21 heavy (non-hydrogen) atoms. The van der Waals surface area contributed by atoms with Gasteiger partial charge in [-0.25, -0.2) is 8.42 Å². The fourth-order valence-corrected chi connectivity index (χ4v) is 3.84. The third kappa shape index (κ3) is 3.38. The van der Waals surface area contributed by atoms with Gasteiger partial charge in [-0.2, -0.15) is 17.5 Å². The molecular formula is C13H16F3NO3S. The Labute approximate surface area is 121 Å². The van der Waals surface area contributed by atoms with Gasteiger partial charge < -0.3 is 5.11 Å². The molecule has 0 aromatic heterocycles. The van der Waals surface area contributed by atoms with Crippen LogP contribution in [-0.2, 0) is 16.2 Å². The van der Waals surface area contributed by atoms with Crippen LogP contribution in [0.15, 0.2) is 29.2 Å². The van der Waals surface area contributed by atoms with Crippen LogP contribution in [0.5, 0.6) is 0 Å². The zero-order valence-corrected chi connectivity index (χ0v) is 12.2. The highest BCUT2D eigenvalue weighted by Gasteiger charge is 2.35. The van der Waals surface area contributed by atoms with Gasteiger partial charge in [0.25, 0.3) is 0 Å². The van der Waals surface area contributed by atoms with Crippen LogP contribution >= 0.6 is 0 Å². The molecule has 4 nitrogen and oxygen atoms in total. The van der Waals surface area contributed by atoms with Gasteiger partial charge in [0.2, 0.25) is 10.0 Å². The molecule has 0 bridgehead atoms. The van der Waals surface area contributed by atoms with Gasteiger partial charge >= 0.3 is 6.18 Å². The number of benzene rings is 1. The van der Waals surface area contributed by atoms with Crippen molar-refractivity contribution in [1.82, 2.24) is 4.31 Å². The van der Waals surface area contributed by atoms with E-state index in [0.29, 0.717) is 6.42 Å². The summed E-state index contributed by atoms with van der Waals surface area (Å²) in [6, 6.07) is 3.45. The summed E-state index contributed by atoms with van der Waals surface area (Å²) in [4.78, 5) is -0.165. The van der Waals surface area contributed by atoms with E-state index in [-0.39, 0.29) is 23.9 Å². The van der Waals surface area contributed by atoms with Crippen molar-refractivity contribution >= 4 is 10.0 Å². The quantitative estimate of drug-likeness (QED) is 0.927. The molecule has 1 fully saturated rings. The van der Waals surface area contributed by atoms with Crippen molar-refractivity contribution in [3.8, 4) is 0 Å². The number of hydrogen-bond donors (Lipinski definition) is 1. The van der Waals surface area contributed by atoms with Crippen molar-refractivity contribution in [3.63, 3.8) is 0 Å². The monoisotopic (exact) mass is 323 g/mol. The van der Waals surface area contributed by atoms with Crippen molar-refractivity contribution < 1.29 is 26.7 Å². The molecule has 1 aliphatic heterocycles. The van der Waals surface area contributed by atoms with Crippen LogP contribution in [0, 0.1) is 5.92 Å². The van der Waals surface area contributed by atoms with Crippen LogP contribution in [0.25, 0.3) is 0 Å². The van der Waals surface area contributed by atoms with Crippen LogP contribution in [-0.4, -0.2) is 37.0 Å². The van der Waals surface area contributed by atoms with E-state index >= 15 is 0 Å². The number of aliphatic hydroxyl groups is 1. The average molecular weight is 323 g/mol. The van der Waals surface area contributed by atoms with Gasteiger partial charge in [-0.05, 0) is 43.5 Å². The average Bonchev–Trinajstić information content (AvgIpc) is 2.88. The van der Waals surface area contributed by atoms with Gasteiger partial charge in [0.1, 0.15) is 0 Å². The lowest BCUT2D eigenvalue weighted by Crippen LogP contribution is -2.30. The first-order valence-corrected chi connectivity index (χ1v) is 7.92. The Morgan fingerprint density at radius 1 is 1.29 bits per heavy atom. The topological polar surface area (TPSA) is 57.6 Å². The molecule has 1 saturated heterocycles. The maximum Gasteiger partial charge on any atom is 0.416 e. The van der Waals surface area contributed by atoms with Crippen molar-refractivity contribution in [2.75, 3.05) is 13.1 Å².